The van der Waals surface area contributed by atoms with Crippen molar-refractivity contribution in [2.75, 3.05) is 26.2 Å². The molecule has 0 aliphatic carbocycles. The van der Waals surface area contributed by atoms with Crippen molar-refractivity contribution in [3.63, 3.8) is 0 Å². The van der Waals surface area contributed by atoms with Gasteiger partial charge in [-0.25, -0.2) is 4.39 Å². The van der Waals surface area contributed by atoms with Crippen LogP contribution in [0.4, 0.5) is 4.39 Å². The zero-order valence-electron chi connectivity index (χ0n) is 13.5. The summed E-state index contributed by atoms with van der Waals surface area (Å²) in [6, 6.07) is 5.25. The summed E-state index contributed by atoms with van der Waals surface area (Å²) in [6.07, 6.45) is 1.74. The zero-order chi connectivity index (χ0) is 16.8. The number of aliphatic hydroxyl groups is 1. The van der Waals surface area contributed by atoms with Crippen molar-refractivity contribution in [2.24, 2.45) is 11.7 Å². The average molecular weight is 323 g/mol. The molecule has 1 fully saturated rings. The number of amides is 1. The lowest BCUT2D eigenvalue weighted by molar-refractivity contribution is -0.120. The maximum atomic E-state index is 13.0. The topological polar surface area (TPSA) is 78.6 Å². The van der Waals surface area contributed by atoms with Crippen LogP contribution in [0.1, 0.15) is 31.4 Å². The molecule has 1 aromatic carbocycles. The Bertz CT molecular complexity index is 499. The maximum Gasteiger partial charge on any atom is 0.239 e. The lowest BCUT2D eigenvalue weighted by atomic mass is 9.95. The van der Waals surface area contributed by atoms with Crippen molar-refractivity contribution in [3.8, 4) is 0 Å². The Hall–Kier alpha value is -1.50. The molecule has 4 N–H and O–H groups in total. The van der Waals surface area contributed by atoms with Gasteiger partial charge in [-0.05, 0) is 63.0 Å². The molecule has 2 atom stereocenters. The third-order valence-electron chi connectivity index (χ3n) is 4.33. The minimum atomic E-state index is -0.592. The minimum absolute atomic E-state index is 0.303. The van der Waals surface area contributed by atoms with Gasteiger partial charge in [0.1, 0.15) is 11.9 Å². The van der Waals surface area contributed by atoms with Crippen molar-refractivity contribution in [1.29, 1.82) is 0 Å². The van der Waals surface area contributed by atoms with E-state index in [1.807, 2.05) is 0 Å². The van der Waals surface area contributed by atoms with Crippen LogP contribution in [-0.2, 0) is 4.79 Å². The van der Waals surface area contributed by atoms with E-state index in [1.165, 1.54) is 12.1 Å². The van der Waals surface area contributed by atoms with Gasteiger partial charge in [0.2, 0.25) is 5.91 Å². The van der Waals surface area contributed by atoms with Crippen LogP contribution in [0.25, 0.3) is 0 Å². The normalized spacial score (nSPS) is 19.4. The Morgan fingerprint density at radius 1 is 1.39 bits per heavy atom. The largest absolute Gasteiger partial charge is 0.392 e. The number of primary amides is 1. The predicted octanol–water partition coefficient (Wildman–Crippen LogP) is 1.03. The number of nitrogens with two attached hydrogens (primary N) is 1. The Morgan fingerprint density at radius 3 is 2.52 bits per heavy atom. The summed E-state index contributed by atoms with van der Waals surface area (Å²) >= 11 is 0. The van der Waals surface area contributed by atoms with E-state index in [0.717, 1.165) is 25.9 Å². The highest BCUT2D eigenvalue weighted by molar-refractivity contribution is 5.81. The van der Waals surface area contributed by atoms with Gasteiger partial charge < -0.3 is 21.1 Å². The third-order valence-corrected chi connectivity index (χ3v) is 4.33. The molecular formula is C17H26FN3O2. The Labute approximate surface area is 136 Å². The number of nitrogens with one attached hydrogen (secondary N) is 1. The summed E-state index contributed by atoms with van der Waals surface area (Å²) < 4.78 is 13.0. The first-order valence-electron chi connectivity index (χ1n) is 8.14. The second-order valence-electron chi connectivity index (χ2n) is 6.39. The van der Waals surface area contributed by atoms with Crippen LogP contribution in [0.2, 0.25) is 0 Å². The molecular weight excluding hydrogens is 297 g/mol. The number of likely N-dealkylation sites (tertiary alicyclic amines) is 1. The smallest absolute Gasteiger partial charge is 0.239 e. The van der Waals surface area contributed by atoms with E-state index in [2.05, 4.69) is 10.2 Å². The van der Waals surface area contributed by atoms with Gasteiger partial charge in [0, 0.05) is 6.54 Å². The molecule has 1 saturated heterocycles. The van der Waals surface area contributed by atoms with Crippen LogP contribution >= 0.6 is 0 Å². The Balaban J connectivity index is 1.83. The summed E-state index contributed by atoms with van der Waals surface area (Å²) in [6.45, 7) is 5.12. The first-order chi connectivity index (χ1) is 11.0. The van der Waals surface area contributed by atoms with E-state index in [1.54, 1.807) is 19.1 Å². The molecule has 6 heteroatoms. The molecule has 0 spiro atoms. The third kappa shape index (κ3) is 5.57. The van der Waals surface area contributed by atoms with Gasteiger partial charge in [-0.2, -0.15) is 0 Å². The van der Waals surface area contributed by atoms with Gasteiger partial charge in [-0.15, -0.1) is 0 Å². The average Bonchev–Trinajstić information content (AvgIpc) is 2.50. The number of β-amino-alcohol motifs (C(OH)–C–C–N with tert-alkyl or cyclic N) is 1. The van der Waals surface area contributed by atoms with Gasteiger partial charge >= 0.3 is 0 Å². The molecule has 0 bridgehead atoms. The van der Waals surface area contributed by atoms with Gasteiger partial charge in [0.25, 0.3) is 0 Å². The quantitative estimate of drug-likeness (QED) is 0.700. The molecule has 2 rings (SSSR count). The Kier molecular flexibility index (Phi) is 6.50. The highest BCUT2D eigenvalue weighted by Gasteiger charge is 2.23. The number of carbonyl (C=O) groups is 1. The van der Waals surface area contributed by atoms with E-state index in [-0.39, 0.29) is 11.9 Å². The molecule has 5 nitrogen and oxygen atoms in total. The standard InChI is InChI=1S/C17H26FN3O2/c1-12(22)11-21-8-6-13(7-9-21)10-20-16(17(19)23)14-2-4-15(18)5-3-14/h2-5,12-13,16,20,22H,6-11H2,1H3,(H2,19,23)/t12-,16-/m0/s1. The van der Waals surface area contributed by atoms with Gasteiger partial charge in [0.05, 0.1) is 6.10 Å². The number of halogens is 1. The number of nitrogens with zero attached hydrogens (tertiary/aromatic N) is 1. The predicted molar refractivity (Wildman–Crippen MR) is 87.2 cm³/mol. The van der Waals surface area contributed by atoms with Crippen LogP contribution in [0.15, 0.2) is 24.3 Å². The lowest BCUT2D eigenvalue weighted by Crippen LogP contribution is -2.42. The molecule has 1 aliphatic rings. The molecule has 1 amide bonds. The summed E-state index contributed by atoms with van der Waals surface area (Å²) in [4.78, 5) is 13.9. The van der Waals surface area contributed by atoms with Crippen LogP contribution in [0.5, 0.6) is 0 Å². The summed E-state index contributed by atoms with van der Waals surface area (Å²) in [7, 11) is 0. The van der Waals surface area contributed by atoms with E-state index in [0.29, 0.717) is 24.6 Å². The van der Waals surface area contributed by atoms with Gasteiger partial charge in [-0.3, -0.25) is 4.79 Å². The number of rotatable bonds is 7. The zero-order valence-corrected chi connectivity index (χ0v) is 13.5. The number of aliphatic hydroxyl groups excluding tert-OH is 1. The van der Waals surface area contributed by atoms with E-state index >= 15 is 0 Å². The number of piperidine rings is 1. The molecule has 0 saturated carbocycles. The van der Waals surface area contributed by atoms with Gasteiger partial charge in [0.15, 0.2) is 0 Å². The monoisotopic (exact) mass is 323 g/mol. The van der Waals surface area contributed by atoms with E-state index < -0.39 is 11.9 Å². The minimum Gasteiger partial charge on any atom is -0.392 e. The fourth-order valence-electron chi connectivity index (χ4n) is 3.07. The summed E-state index contributed by atoms with van der Waals surface area (Å²) in [5.74, 6) is -0.312. The van der Waals surface area contributed by atoms with E-state index in [9.17, 15) is 14.3 Å². The fourth-order valence-corrected chi connectivity index (χ4v) is 3.07. The maximum absolute atomic E-state index is 13.0. The first kappa shape index (κ1) is 17.8. The highest BCUT2D eigenvalue weighted by Crippen LogP contribution is 2.19. The second kappa shape index (κ2) is 8.38. The van der Waals surface area contributed by atoms with Crippen molar-refractivity contribution < 1.29 is 14.3 Å². The molecule has 1 heterocycles. The molecule has 0 aromatic heterocycles. The first-order valence-corrected chi connectivity index (χ1v) is 8.14. The number of benzene rings is 1. The van der Waals surface area contributed by atoms with Crippen LogP contribution in [-0.4, -0.2) is 48.2 Å². The molecule has 1 aromatic rings. The number of carbonyl (C=O) groups excluding carboxylic acids is 1. The van der Waals surface area contributed by atoms with Crippen LogP contribution in [0.3, 0.4) is 0 Å². The van der Waals surface area contributed by atoms with Crippen molar-refractivity contribution in [3.05, 3.63) is 35.6 Å². The van der Waals surface area contributed by atoms with Crippen molar-refractivity contribution in [1.82, 2.24) is 10.2 Å². The van der Waals surface area contributed by atoms with Crippen molar-refractivity contribution in [2.45, 2.75) is 31.9 Å². The van der Waals surface area contributed by atoms with Crippen LogP contribution < -0.4 is 11.1 Å². The van der Waals surface area contributed by atoms with E-state index in [4.69, 9.17) is 5.73 Å². The molecule has 0 unspecified atom stereocenters. The number of hydrogen-bond acceptors (Lipinski definition) is 4. The van der Waals surface area contributed by atoms with Gasteiger partial charge in [-0.1, -0.05) is 12.1 Å². The summed E-state index contributed by atoms with van der Waals surface area (Å²) in [5.41, 5.74) is 6.15. The molecule has 0 radical (unpaired) electrons. The second-order valence-corrected chi connectivity index (χ2v) is 6.39. The molecule has 128 valence electrons. The van der Waals surface area contributed by atoms with Crippen molar-refractivity contribution >= 4 is 5.91 Å². The lowest BCUT2D eigenvalue weighted by Gasteiger charge is -2.33. The highest BCUT2D eigenvalue weighted by atomic mass is 19.1. The molecule has 23 heavy (non-hydrogen) atoms. The summed E-state index contributed by atoms with van der Waals surface area (Å²) in [5, 5.41) is 12.6. The molecule has 1 aliphatic heterocycles. The SMILES string of the molecule is C[C@H](O)CN1CCC(CN[C@H](C(N)=O)c2ccc(F)cc2)CC1. The fraction of sp³-hybridized carbons (Fsp3) is 0.588. The van der Waals surface area contributed by atoms with Crippen LogP contribution in [0, 0.1) is 11.7 Å². The Morgan fingerprint density at radius 2 is 2.00 bits per heavy atom. The number of hydrogen-bond donors (Lipinski definition) is 3.